The highest BCUT2D eigenvalue weighted by molar-refractivity contribution is 6.06. The molecule has 0 bridgehead atoms. The third kappa shape index (κ3) is 3.02. The lowest BCUT2D eigenvalue weighted by atomic mass is 10.1. The van der Waals surface area contributed by atoms with Gasteiger partial charge in [0, 0.05) is 5.69 Å². The normalized spacial score (nSPS) is 10.2. The van der Waals surface area contributed by atoms with Crippen LogP contribution in [0.15, 0.2) is 42.5 Å². The summed E-state index contributed by atoms with van der Waals surface area (Å²) in [6, 6.07) is 10.4. The van der Waals surface area contributed by atoms with E-state index in [-0.39, 0.29) is 23.7 Å². The van der Waals surface area contributed by atoms with Crippen LogP contribution in [-0.4, -0.2) is 21.2 Å². The van der Waals surface area contributed by atoms with Crippen molar-refractivity contribution in [1.82, 2.24) is 0 Å². The van der Waals surface area contributed by atoms with Gasteiger partial charge in [-0.2, -0.15) is 0 Å². The Kier molecular flexibility index (Phi) is 3.68. The van der Waals surface area contributed by atoms with E-state index in [1.54, 1.807) is 24.3 Å². The van der Waals surface area contributed by atoms with Crippen molar-refractivity contribution in [3.8, 4) is 11.5 Å². The minimum absolute atomic E-state index is 0.0191. The summed E-state index contributed by atoms with van der Waals surface area (Å²) < 4.78 is 0. The Morgan fingerprint density at radius 3 is 2.63 bits per heavy atom. The first-order chi connectivity index (χ1) is 9.10. The summed E-state index contributed by atoms with van der Waals surface area (Å²) in [6.07, 6.45) is 0. The van der Waals surface area contributed by atoms with Crippen LogP contribution in [-0.2, 0) is 6.61 Å². The van der Waals surface area contributed by atoms with Crippen molar-refractivity contribution in [3.05, 3.63) is 53.6 Å². The molecule has 2 rings (SSSR count). The molecule has 0 saturated carbocycles. The van der Waals surface area contributed by atoms with Gasteiger partial charge >= 0.3 is 0 Å². The van der Waals surface area contributed by atoms with Crippen LogP contribution in [0.4, 0.5) is 5.69 Å². The number of hydrogen-bond acceptors (Lipinski definition) is 4. The second kappa shape index (κ2) is 5.41. The van der Waals surface area contributed by atoms with Gasteiger partial charge in [-0.05, 0) is 35.9 Å². The third-order valence-corrected chi connectivity index (χ3v) is 2.59. The number of aliphatic hydroxyl groups is 1. The summed E-state index contributed by atoms with van der Waals surface area (Å²) in [5.74, 6) is -0.857. The predicted molar refractivity (Wildman–Crippen MR) is 70.1 cm³/mol. The molecule has 5 nitrogen and oxygen atoms in total. The lowest BCUT2D eigenvalue weighted by Gasteiger charge is -2.08. The molecule has 2 aromatic carbocycles. The number of carbonyl (C=O) groups excluding carboxylic acids is 1. The van der Waals surface area contributed by atoms with Gasteiger partial charge in [-0.15, -0.1) is 0 Å². The summed E-state index contributed by atoms with van der Waals surface area (Å²) in [4.78, 5) is 11.9. The number of amides is 1. The van der Waals surface area contributed by atoms with E-state index in [0.717, 1.165) is 0 Å². The molecule has 2 aromatic rings. The quantitative estimate of drug-likeness (QED) is 0.633. The van der Waals surface area contributed by atoms with Gasteiger partial charge in [-0.25, -0.2) is 0 Å². The highest BCUT2D eigenvalue weighted by atomic mass is 16.3. The maximum absolute atomic E-state index is 11.9. The van der Waals surface area contributed by atoms with Gasteiger partial charge < -0.3 is 20.6 Å². The molecular weight excluding hydrogens is 246 g/mol. The van der Waals surface area contributed by atoms with Crippen LogP contribution in [0.5, 0.6) is 11.5 Å². The molecule has 19 heavy (non-hydrogen) atoms. The monoisotopic (exact) mass is 259 g/mol. The largest absolute Gasteiger partial charge is 0.508 e. The van der Waals surface area contributed by atoms with Crippen molar-refractivity contribution in [2.75, 3.05) is 5.32 Å². The Morgan fingerprint density at radius 2 is 1.89 bits per heavy atom. The number of carbonyl (C=O) groups is 1. The fraction of sp³-hybridized carbons (Fsp3) is 0.0714. The summed E-state index contributed by atoms with van der Waals surface area (Å²) in [6.45, 7) is -0.124. The zero-order chi connectivity index (χ0) is 13.8. The van der Waals surface area contributed by atoms with Crippen LogP contribution in [0.25, 0.3) is 0 Å². The van der Waals surface area contributed by atoms with Gasteiger partial charge in [0.1, 0.15) is 11.5 Å². The van der Waals surface area contributed by atoms with E-state index in [0.29, 0.717) is 11.3 Å². The summed E-state index contributed by atoms with van der Waals surface area (Å²) in [7, 11) is 0. The Hall–Kier alpha value is -2.53. The lowest BCUT2D eigenvalue weighted by Crippen LogP contribution is -2.12. The van der Waals surface area contributed by atoms with Gasteiger partial charge in [0.15, 0.2) is 0 Å². The van der Waals surface area contributed by atoms with E-state index in [4.69, 9.17) is 5.11 Å². The molecule has 0 aromatic heterocycles. The minimum Gasteiger partial charge on any atom is -0.508 e. The molecular formula is C14H13NO4. The first-order valence-corrected chi connectivity index (χ1v) is 5.63. The molecule has 0 aliphatic heterocycles. The predicted octanol–water partition coefficient (Wildman–Crippen LogP) is 1.84. The van der Waals surface area contributed by atoms with Crippen molar-refractivity contribution in [2.45, 2.75) is 6.61 Å². The van der Waals surface area contributed by atoms with Crippen LogP contribution < -0.4 is 5.32 Å². The first-order valence-electron chi connectivity index (χ1n) is 5.63. The van der Waals surface area contributed by atoms with E-state index in [1.165, 1.54) is 18.2 Å². The molecule has 0 heterocycles. The molecule has 0 saturated heterocycles. The number of phenols is 2. The summed E-state index contributed by atoms with van der Waals surface area (Å²) in [5.41, 5.74) is 1.15. The highest BCUT2D eigenvalue weighted by Crippen LogP contribution is 2.23. The zero-order valence-electron chi connectivity index (χ0n) is 10.00. The maximum Gasteiger partial charge on any atom is 0.259 e. The molecule has 0 spiro atoms. The lowest BCUT2D eigenvalue weighted by molar-refractivity contribution is 0.102. The topological polar surface area (TPSA) is 89.8 Å². The van der Waals surface area contributed by atoms with Crippen LogP contribution >= 0.6 is 0 Å². The van der Waals surface area contributed by atoms with Crippen LogP contribution in [0.3, 0.4) is 0 Å². The number of anilines is 1. The van der Waals surface area contributed by atoms with Gasteiger partial charge in [0.05, 0.1) is 12.2 Å². The molecule has 1 amide bonds. The average molecular weight is 259 g/mol. The Balaban J connectivity index is 2.23. The van der Waals surface area contributed by atoms with Gasteiger partial charge in [-0.1, -0.05) is 12.1 Å². The van der Waals surface area contributed by atoms with Gasteiger partial charge in [-0.3, -0.25) is 4.79 Å². The SMILES string of the molecule is O=C(Nc1cccc(CO)c1)c1cc(O)ccc1O. The highest BCUT2D eigenvalue weighted by Gasteiger charge is 2.12. The Bertz CT molecular complexity index is 610. The number of nitrogens with one attached hydrogen (secondary N) is 1. The molecule has 98 valence electrons. The number of rotatable bonds is 3. The Labute approximate surface area is 109 Å². The van der Waals surface area contributed by atoms with E-state index < -0.39 is 5.91 Å². The molecule has 5 heteroatoms. The molecule has 0 aliphatic carbocycles. The Morgan fingerprint density at radius 1 is 1.11 bits per heavy atom. The van der Waals surface area contributed by atoms with Crippen molar-refractivity contribution < 1.29 is 20.1 Å². The fourth-order valence-corrected chi connectivity index (χ4v) is 1.65. The smallest absolute Gasteiger partial charge is 0.259 e. The maximum atomic E-state index is 11.9. The number of aromatic hydroxyl groups is 2. The number of hydrogen-bond donors (Lipinski definition) is 4. The molecule has 0 unspecified atom stereocenters. The van der Waals surface area contributed by atoms with Crippen molar-refractivity contribution in [3.63, 3.8) is 0 Å². The van der Waals surface area contributed by atoms with Crippen molar-refractivity contribution in [1.29, 1.82) is 0 Å². The van der Waals surface area contributed by atoms with E-state index in [2.05, 4.69) is 5.32 Å². The van der Waals surface area contributed by atoms with Crippen molar-refractivity contribution >= 4 is 11.6 Å². The number of phenolic OH excluding ortho intramolecular Hbond substituents is 2. The number of benzene rings is 2. The summed E-state index contributed by atoms with van der Waals surface area (Å²) in [5, 5.41) is 30.5. The van der Waals surface area contributed by atoms with Crippen LogP contribution in [0.1, 0.15) is 15.9 Å². The standard InChI is InChI=1S/C14H13NO4/c16-8-9-2-1-3-10(6-9)15-14(19)12-7-11(17)4-5-13(12)18/h1-7,16-18H,8H2,(H,15,19). The van der Waals surface area contributed by atoms with Gasteiger partial charge in [0.25, 0.3) is 5.91 Å². The molecule has 0 aliphatic rings. The van der Waals surface area contributed by atoms with E-state index in [9.17, 15) is 15.0 Å². The first kappa shape index (κ1) is 12.9. The molecule has 0 fully saturated rings. The average Bonchev–Trinajstić information content (AvgIpc) is 2.41. The molecule has 4 N–H and O–H groups in total. The molecule has 0 atom stereocenters. The zero-order valence-corrected chi connectivity index (χ0v) is 10.00. The van der Waals surface area contributed by atoms with E-state index >= 15 is 0 Å². The van der Waals surface area contributed by atoms with Crippen LogP contribution in [0, 0.1) is 0 Å². The number of aliphatic hydroxyl groups excluding tert-OH is 1. The third-order valence-electron chi connectivity index (χ3n) is 2.59. The van der Waals surface area contributed by atoms with Crippen LogP contribution in [0.2, 0.25) is 0 Å². The van der Waals surface area contributed by atoms with E-state index in [1.807, 2.05) is 0 Å². The fourth-order valence-electron chi connectivity index (χ4n) is 1.65. The van der Waals surface area contributed by atoms with Gasteiger partial charge in [0.2, 0.25) is 0 Å². The second-order valence-corrected chi connectivity index (χ2v) is 4.01. The minimum atomic E-state index is -0.538. The van der Waals surface area contributed by atoms with Crippen molar-refractivity contribution in [2.24, 2.45) is 0 Å². The molecule has 0 radical (unpaired) electrons. The second-order valence-electron chi connectivity index (χ2n) is 4.01. The summed E-state index contributed by atoms with van der Waals surface area (Å²) >= 11 is 0.